The van der Waals surface area contributed by atoms with Gasteiger partial charge in [-0.1, -0.05) is 18.2 Å². The van der Waals surface area contributed by atoms with E-state index in [-0.39, 0.29) is 11.8 Å². The highest BCUT2D eigenvalue weighted by Gasteiger charge is 2.23. The molecule has 34 heavy (non-hydrogen) atoms. The van der Waals surface area contributed by atoms with Gasteiger partial charge < -0.3 is 14.5 Å². The van der Waals surface area contributed by atoms with E-state index in [2.05, 4.69) is 23.0 Å². The molecule has 0 aliphatic carbocycles. The van der Waals surface area contributed by atoms with Crippen molar-refractivity contribution in [3.8, 4) is 16.8 Å². The van der Waals surface area contributed by atoms with E-state index in [1.807, 2.05) is 55.7 Å². The van der Waals surface area contributed by atoms with Gasteiger partial charge in [0.1, 0.15) is 5.65 Å². The lowest BCUT2D eigenvalue weighted by Crippen LogP contribution is -2.35. The van der Waals surface area contributed by atoms with Crippen LogP contribution in [0.4, 0.5) is 0 Å². The van der Waals surface area contributed by atoms with Crippen molar-refractivity contribution in [3.63, 3.8) is 0 Å². The summed E-state index contributed by atoms with van der Waals surface area (Å²) in [6.45, 7) is 6.00. The number of ether oxygens (including phenoxy) is 2. The standard InChI is InChI=1S/C26H25N5O3/c1-16-12-27-24-21(16)10-18(13-28-24)22-11-23-25(29-17(22)2)31(19-6-4-3-5-7-19)26(32)30(23)14-20-15-33-8-9-34-20/h3-7,10-13,20H,8-9,14-15H2,1-2H3,(H,27,28)/t20-/m0/s1. The highest BCUT2D eigenvalue weighted by Crippen LogP contribution is 2.29. The fourth-order valence-electron chi connectivity index (χ4n) is 4.67. The second kappa shape index (κ2) is 8.23. The normalized spacial score (nSPS) is 16.5. The van der Waals surface area contributed by atoms with Gasteiger partial charge in [0.05, 0.1) is 43.7 Å². The van der Waals surface area contributed by atoms with Crippen molar-refractivity contribution in [2.75, 3.05) is 19.8 Å². The third-order valence-corrected chi connectivity index (χ3v) is 6.43. The topological polar surface area (TPSA) is 87.0 Å². The first-order chi connectivity index (χ1) is 16.6. The largest absolute Gasteiger partial charge is 0.376 e. The first-order valence-corrected chi connectivity index (χ1v) is 11.4. The molecule has 0 unspecified atom stereocenters. The van der Waals surface area contributed by atoms with E-state index in [0.29, 0.717) is 32.0 Å². The Morgan fingerprint density at radius 3 is 2.79 bits per heavy atom. The highest BCUT2D eigenvalue weighted by molar-refractivity contribution is 5.87. The third kappa shape index (κ3) is 3.43. The molecule has 5 aromatic rings. The van der Waals surface area contributed by atoms with Crippen molar-refractivity contribution in [1.29, 1.82) is 0 Å². The van der Waals surface area contributed by atoms with Crippen molar-refractivity contribution in [3.05, 3.63) is 76.6 Å². The molecule has 8 heteroatoms. The smallest absolute Gasteiger partial charge is 0.335 e. The molecule has 1 fully saturated rings. The van der Waals surface area contributed by atoms with Crippen molar-refractivity contribution in [2.24, 2.45) is 0 Å². The summed E-state index contributed by atoms with van der Waals surface area (Å²) in [6, 6.07) is 13.8. The van der Waals surface area contributed by atoms with E-state index in [1.165, 1.54) is 0 Å². The fourth-order valence-corrected chi connectivity index (χ4v) is 4.67. The summed E-state index contributed by atoms with van der Waals surface area (Å²) in [5.74, 6) is 0. The SMILES string of the molecule is Cc1nc2c(cc1-c1cnc3[nH]cc(C)c3c1)n(C[C@H]1COCCO1)c(=O)n2-c1ccccc1. The van der Waals surface area contributed by atoms with Crippen LogP contribution in [-0.2, 0) is 16.0 Å². The monoisotopic (exact) mass is 455 g/mol. The van der Waals surface area contributed by atoms with Gasteiger partial charge in [-0.05, 0) is 43.7 Å². The molecule has 1 atom stereocenters. The van der Waals surface area contributed by atoms with Crippen molar-refractivity contribution >= 4 is 22.2 Å². The lowest BCUT2D eigenvalue weighted by molar-refractivity contribution is -0.0935. The number of H-pyrrole nitrogens is 1. The lowest BCUT2D eigenvalue weighted by Gasteiger charge is -2.23. The zero-order chi connectivity index (χ0) is 23.2. The van der Waals surface area contributed by atoms with Crippen LogP contribution in [0.3, 0.4) is 0 Å². The Labute approximate surface area is 195 Å². The van der Waals surface area contributed by atoms with Crippen LogP contribution in [0, 0.1) is 13.8 Å². The molecule has 0 radical (unpaired) electrons. The van der Waals surface area contributed by atoms with E-state index in [0.717, 1.165) is 44.6 Å². The van der Waals surface area contributed by atoms with Crippen LogP contribution in [0.2, 0.25) is 0 Å². The van der Waals surface area contributed by atoms with Gasteiger partial charge in [0.25, 0.3) is 0 Å². The Bertz CT molecular complexity index is 1560. The summed E-state index contributed by atoms with van der Waals surface area (Å²) in [5, 5.41) is 1.07. The molecule has 1 aliphatic rings. The van der Waals surface area contributed by atoms with Crippen LogP contribution in [0.15, 0.2) is 59.7 Å². The zero-order valence-corrected chi connectivity index (χ0v) is 19.1. The van der Waals surface area contributed by atoms with Crippen LogP contribution in [0.1, 0.15) is 11.3 Å². The van der Waals surface area contributed by atoms with Gasteiger partial charge in [-0.15, -0.1) is 0 Å². The molecule has 8 nitrogen and oxygen atoms in total. The van der Waals surface area contributed by atoms with Gasteiger partial charge in [-0.2, -0.15) is 0 Å². The molecule has 0 amide bonds. The number of nitrogens with one attached hydrogen (secondary N) is 1. The van der Waals surface area contributed by atoms with Crippen LogP contribution in [-0.4, -0.2) is 50.0 Å². The van der Waals surface area contributed by atoms with Crippen molar-refractivity contribution in [2.45, 2.75) is 26.5 Å². The average molecular weight is 456 g/mol. The quantitative estimate of drug-likeness (QED) is 0.446. The fraction of sp³-hybridized carbons (Fsp3) is 0.269. The summed E-state index contributed by atoms with van der Waals surface area (Å²) in [5.41, 5.74) is 6.76. The van der Waals surface area contributed by atoms with Crippen LogP contribution in [0.25, 0.3) is 39.0 Å². The lowest BCUT2D eigenvalue weighted by atomic mass is 10.0. The molecule has 6 rings (SSSR count). The number of rotatable bonds is 4. The number of imidazole rings is 1. The van der Waals surface area contributed by atoms with E-state index in [4.69, 9.17) is 14.5 Å². The Hall–Kier alpha value is -3.75. The molecule has 0 bridgehead atoms. The predicted octanol–water partition coefficient (Wildman–Crippen LogP) is 3.76. The number of aryl methyl sites for hydroxylation is 2. The number of hydrogen-bond donors (Lipinski definition) is 1. The molecule has 1 saturated heterocycles. The Balaban J connectivity index is 1.57. The maximum atomic E-state index is 13.7. The molecule has 1 aliphatic heterocycles. The third-order valence-electron chi connectivity index (χ3n) is 6.43. The van der Waals surface area contributed by atoms with E-state index in [9.17, 15) is 4.79 Å². The number of para-hydroxylation sites is 1. The molecular weight excluding hydrogens is 430 g/mol. The summed E-state index contributed by atoms with van der Waals surface area (Å²) in [4.78, 5) is 26.4. The molecule has 1 aromatic carbocycles. The molecule has 4 aromatic heterocycles. The minimum Gasteiger partial charge on any atom is -0.376 e. The first kappa shape index (κ1) is 20.8. The summed E-state index contributed by atoms with van der Waals surface area (Å²) < 4.78 is 14.9. The molecule has 1 N–H and O–H groups in total. The zero-order valence-electron chi connectivity index (χ0n) is 19.1. The minimum atomic E-state index is -0.188. The van der Waals surface area contributed by atoms with E-state index in [1.54, 1.807) is 9.13 Å². The minimum absolute atomic E-state index is 0.144. The van der Waals surface area contributed by atoms with E-state index >= 15 is 0 Å². The average Bonchev–Trinajstić information content (AvgIpc) is 3.36. The number of nitrogens with zero attached hydrogens (tertiary/aromatic N) is 4. The number of fused-ring (bicyclic) bond motifs is 2. The first-order valence-electron chi connectivity index (χ1n) is 11.4. The summed E-state index contributed by atoms with van der Waals surface area (Å²) in [6.07, 6.45) is 3.62. The van der Waals surface area contributed by atoms with Crippen LogP contribution in [0.5, 0.6) is 0 Å². The summed E-state index contributed by atoms with van der Waals surface area (Å²) in [7, 11) is 0. The Morgan fingerprint density at radius 2 is 2.00 bits per heavy atom. The molecule has 0 saturated carbocycles. The highest BCUT2D eigenvalue weighted by atomic mass is 16.6. The molecular formula is C26H25N5O3. The maximum Gasteiger partial charge on any atom is 0.335 e. The Kier molecular flexibility index (Phi) is 5.04. The molecule has 0 spiro atoms. The van der Waals surface area contributed by atoms with Gasteiger partial charge in [0.2, 0.25) is 0 Å². The van der Waals surface area contributed by atoms with E-state index < -0.39 is 0 Å². The molecule has 5 heterocycles. The molecule has 172 valence electrons. The number of pyridine rings is 2. The number of benzene rings is 1. The van der Waals surface area contributed by atoms with Crippen molar-refractivity contribution < 1.29 is 9.47 Å². The van der Waals surface area contributed by atoms with Gasteiger partial charge in [-0.3, -0.25) is 4.57 Å². The van der Waals surface area contributed by atoms with Gasteiger partial charge >= 0.3 is 5.69 Å². The van der Waals surface area contributed by atoms with Gasteiger partial charge in [0, 0.05) is 34.6 Å². The Morgan fingerprint density at radius 1 is 1.15 bits per heavy atom. The second-order valence-electron chi connectivity index (χ2n) is 8.69. The van der Waals surface area contributed by atoms with Crippen LogP contribution >= 0.6 is 0 Å². The van der Waals surface area contributed by atoms with Crippen LogP contribution < -0.4 is 5.69 Å². The number of aromatic amines is 1. The number of hydrogen-bond acceptors (Lipinski definition) is 5. The van der Waals surface area contributed by atoms with Gasteiger partial charge in [0.15, 0.2) is 5.65 Å². The predicted molar refractivity (Wildman–Crippen MR) is 130 cm³/mol. The number of aromatic nitrogens is 5. The second-order valence-corrected chi connectivity index (χ2v) is 8.69. The summed E-state index contributed by atoms with van der Waals surface area (Å²) >= 11 is 0. The maximum absolute atomic E-state index is 13.7. The van der Waals surface area contributed by atoms with Gasteiger partial charge in [-0.25, -0.2) is 19.3 Å². The van der Waals surface area contributed by atoms with Crippen molar-refractivity contribution in [1.82, 2.24) is 24.1 Å².